The number of thioether (sulfide) groups is 1. The Hall–Kier alpha value is 0.270. The second-order valence-corrected chi connectivity index (χ2v) is 4.23. The third kappa shape index (κ3) is 1.71. The molecule has 0 unspecified atom stereocenters. The van der Waals surface area contributed by atoms with E-state index >= 15 is 0 Å². The first kappa shape index (κ1) is 7.90. The van der Waals surface area contributed by atoms with Crippen LogP contribution in [-0.2, 0) is 9.47 Å². The van der Waals surface area contributed by atoms with Crippen molar-refractivity contribution < 1.29 is 9.47 Å². The van der Waals surface area contributed by atoms with Crippen molar-refractivity contribution in [3.63, 3.8) is 0 Å². The van der Waals surface area contributed by atoms with E-state index in [1.165, 1.54) is 11.5 Å². The first-order valence-electron chi connectivity index (χ1n) is 4.21. The van der Waals surface area contributed by atoms with Crippen LogP contribution in [0.5, 0.6) is 0 Å². The Bertz CT molecular complexity index is 124. The molecule has 0 saturated carbocycles. The molecular weight excluding hydrogens is 160 g/mol. The Morgan fingerprint density at radius 1 is 1.09 bits per heavy atom. The fourth-order valence-corrected chi connectivity index (χ4v) is 2.55. The molecule has 1 spiro atoms. The molecule has 0 aliphatic carbocycles. The zero-order valence-corrected chi connectivity index (χ0v) is 7.49. The van der Waals surface area contributed by atoms with Gasteiger partial charge in [-0.15, -0.1) is 0 Å². The number of hydrogen-bond acceptors (Lipinski definition) is 3. The lowest BCUT2D eigenvalue weighted by Gasteiger charge is -2.41. The lowest BCUT2D eigenvalue weighted by Crippen LogP contribution is -2.48. The second kappa shape index (κ2) is 3.33. The van der Waals surface area contributed by atoms with Crippen molar-refractivity contribution in [2.75, 3.05) is 31.3 Å². The highest BCUT2D eigenvalue weighted by Crippen LogP contribution is 2.36. The standard InChI is InChI=1S/C8H14O2S/c1-3-9-5-2-8(10-4-1)6-11-7-8/h1-7H2. The average molecular weight is 174 g/mol. The maximum Gasteiger partial charge on any atom is 0.0884 e. The Morgan fingerprint density at radius 2 is 2.00 bits per heavy atom. The van der Waals surface area contributed by atoms with Crippen LogP contribution >= 0.6 is 11.8 Å². The molecule has 0 aromatic rings. The predicted octanol–water partition coefficient (Wildman–Crippen LogP) is 1.30. The van der Waals surface area contributed by atoms with Crippen molar-refractivity contribution >= 4 is 11.8 Å². The third-order valence-corrected chi connectivity index (χ3v) is 3.73. The number of ether oxygens (including phenoxy) is 2. The summed E-state index contributed by atoms with van der Waals surface area (Å²) >= 11 is 1.98. The van der Waals surface area contributed by atoms with Crippen molar-refractivity contribution in [1.29, 1.82) is 0 Å². The summed E-state index contributed by atoms with van der Waals surface area (Å²) in [7, 11) is 0. The van der Waals surface area contributed by atoms with E-state index in [0.29, 0.717) is 0 Å². The molecule has 0 radical (unpaired) electrons. The summed E-state index contributed by atoms with van der Waals surface area (Å²) in [6, 6.07) is 0. The zero-order chi connectivity index (χ0) is 7.57. The lowest BCUT2D eigenvalue weighted by molar-refractivity contribution is -0.0675. The van der Waals surface area contributed by atoms with Gasteiger partial charge in [0.2, 0.25) is 0 Å². The molecule has 2 aliphatic rings. The van der Waals surface area contributed by atoms with Gasteiger partial charge in [-0.25, -0.2) is 0 Å². The summed E-state index contributed by atoms with van der Waals surface area (Å²) in [5, 5.41) is 0. The fraction of sp³-hybridized carbons (Fsp3) is 1.00. The molecule has 0 N–H and O–H groups in total. The van der Waals surface area contributed by atoms with E-state index in [1.54, 1.807) is 0 Å². The van der Waals surface area contributed by atoms with E-state index in [-0.39, 0.29) is 5.60 Å². The topological polar surface area (TPSA) is 18.5 Å². The second-order valence-electron chi connectivity index (χ2n) is 3.24. The molecule has 2 aliphatic heterocycles. The minimum atomic E-state index is 0.213. The van der Waals surface area contributed by atoms with Crippen LogP contribution in [0.1, 0.15) is 12.8 Å². The van der Waals surface area contributed by atoms with Crippen molar-refractivity contribution in [3.8, 4) is 0 Å². The maximum atomic E-state index is 5.81. The smallest absolute Gasteiger partial charge is 0.0884 e. The molecule has 2 nitrogen and oxygen atoms in total. The van der Waals surface area contributed by atoms with Crippen LogP contribution in [0.25, 0.3) is 0 Å². The van der Waals surface area contributed by atoms with Crippen LogP contribution in [-0.4, -0.2) is 36.9 Å². The van der Waals surface area contributed by atoms with E-state index < -0.39 is 0 Å². The monoisotopic (exact) mass is 174 g/mol. The molecule has 0 aromatic carbocycles. The van der Waals surface area contributed by atoms with Gasteiger partial charge in [-0.05, 0) is 6.42 Å². The van der Waals surface area contributed by atoms with Crippen LogP contribution < -0.4 is 0 Å². The molecule has 0 aromatic heterocycles. The van der Waals surface area contributed by atoms with Gasteiger partial charge in [-0.3, -0.25) is 0 Å². The van der Waals surface area contributed by atoms with Crippen molar-refractivity contribution in [1.82, 2.24) is 0 Å². The van der Waals surface area contributed by atoms with Gasteiger partial charge in [0, 0.05) is 37.7 Å². The van der Waals surface area contributed by atoms with E-state index in [0.717, 1.165) is 32.7 Å². The minimum Gasteiger partial charge on any atom is -0.381 e. The minimum absolute atomic E-state index is 0.213. The van der Waals surface area contributed by atoms with Gasteiger partial charge >= 0.3 is 0 Å². The van der Waals surface area contributed by atoms with Crippen LogP contribution in [0.3, 0.4) is 0 Å². The molecule has 64 valence electrons. The normalized spacial score (nSPS) is 30.5. The van der Waals surface area contributed by atoms with Gasteiger partial charge < -0.3 is 9.47 Å². The van der Waals surface area contributed by atoms with E-state index in [9.17, 15) is 0 Å². The van der Waals surface area contributed by atoms with E-state index in [2.05, 4.69) is 0 Å². The van der Waals surface area contributed by atoms with Gasteiger partial charge in [0.15, 0.2) is 0 Å². The molecule has 3 heteroatoms. The Kier molecular flexibility index (Phi) is 2.39. The molecule has 0 bridgehead atoms. The summed E-state index contributed by atoms with van der Waals surface area (Å²) < 4.78 is 11.2. The highest BCUT2D eigenvalue weighted by atomic mass is 32.2. The van der Waals surface area contributed by atoms with Crippen LogP contribution in [0, 0.1) is 0 Å². The number of rotatable bonds is 0. The Labute approximate surface area is 71.6 Å². The highest BCUT2D eigenvalue weighted by Gasteiger charge is 2.38. The van der Waals surface area contributed by atoms with Gasteiger partial charge in [-0.1, -0.05) is 0 Å². The van der Waals surface area contributed by atoms with Crippen LogP contribution in [0.2, 0.25) is 0 Å². The van der Waals surface area contributed by atoms with Gasteiger partial charge in [0.25, 0.3) is 0 Å². The summed E-state index contributed by atoms with van der Waals surface area (Å²) in [5.74, 6) is 2.35. The molecule has 11 heavy (non-hydrogen) atoms. The first-order chi connectivity index (χ1) is 5.41. The zero-order valence-electron chi connectivity index (χ0n) is 6.67. The quantitative estimate of drug-likeness (QED) is 0.551. The summed E-state index contributed by atoms with van der Waals surface area (Å²) in [4.78, 5) is 0. The first-order valence-corrected chi connectivity index (χ1v) is 5.36. The van der Waals surface area contributed by atoms with E-state index in [1.807, 2.05) is 11.8 Å². The summed E-state index contributed by atoms with van der Waals surface area (Å²) in [6.45, 7) is 2.66. The maximum absolute atomic E-state index is 5.81. The molecule has 2 heterocycles. The molecule has 0 atom stereocenters. The van der Waals surface area contributed by atoms with Gasteiger partial charge in [0.05, 0.1) is 5.60 Å². The summed E-state index contributed by atoms with van der Waals surface area (Å²) in [6.07, 6.45) is 2.16. The average Bonchev–Trinajstić information content (AvgIpc) is 1.82. The Balaban J connectivity index is 1.86. The summed E-state index contributed by atoms with van der Waals surface area (Å²) in [5.41, 5.74) is 0.213. The van der Waals surface area contributed by atoms with Crippen LogP contribution in [0.15, 0.2) is 0 Å². The number of hydrogen-bond donors (Lipinski definition) is 0. The molecular formula is C8H14O2S. The fourth-order valence-electron chi connectivity index (χ4n) is 1.44. The van der Waals surface area contributed by atoms with Crippen LogP contribution in [0.4, 0.5) is 0 Å². The van der Waals surface area contributed by atoms with E-state index in [4.69, 9.17) is 9.47 Å². The van der Waals surface area contributed by atoms with Gasteiger partial charge in [0.1, 0.15) is 0 Å². The predicted molar refractivity (Wildman–Crippen MR) is 46.1 cm³/mol. The Morgan fingerprint density at radius 3 is 2.73 bits per heavy atom. The van der Waals surface area contributed by atoms with Crippen molar-refractivity contribution in [2.24, 2.45) is 0 Å². The molecule has 2 rings (SSSR count). The SMILES string of the molecule is C1COCCC2(CSC2)OC1. The van der Waals surface area contributed by atoms with Crippen molar-refractivity contribution in [3.05, 3.63) is 0 Å². The highest BCUT2D eigenvalue weighted by molar-refractivity contribution is 8.00. The third-order valence-electron chi connectivity index (χ3n) is 2.27. The lowest BCUT2D eigenvalue weighted by atomic mass is 10.0. The molecule has 2 saturated heterocycles. The largest absolute Gasteiger partial charge is 0.381 e. The van der Waals surface area contributed by atoms with Gasteiger partial charge in [-0.2, -0.15) is 11.8 Å². The van der Waals surface area contributed by atoms with Crippen molar-refractivity contribution in [2.45, 2.75) is 18.4 Å². The molecule has 0 amide bonds. The molecule has 2 fully saturated rings.